The summed E-state index contributed by atoms with van der Waals surface area (Å²) >= 11 is 0. The van der Waals surface area contributed by atoms with Crippen molar-refractivity contribution in [1.29, 1.82) is 0 Å². The van der Waals surface area contributed by atoms with Gasteiger partial charge in [0.1, 0.15) is 0 Å². The van der Waals surface area contributed by atoms with Crippen molar-refractivity contribution in [2.45, 2.75) is 111 Å². The number of hydrogen-bond acceptors (Lipinski definition) is 4. The number of allylic oxidation sites excluding steroid dienone is 3. The highest BCUT2D eigenvalue weighted by molar-refractivity contribution is 5.88. The third kappa shape index (κ3) is 5.91. The van der Waals surface area contributed by atoms with Crippen LogP contribution in [0.25, 0.3) is 5.57 Å². The van der Waals surface area contributed by atoms with E-state index < -0.39 is 5.97 Å². The highest BCUT2D eigenvalue weighted by Gasteiger charge is 2.70. The molecule has 6 aliphatic rings. The highest BCUT2D eigenvalue weighted by atomic mass is 16.5. The van der Waals surface area contributed by atoms with Gasteiger partial charge >= 0.3 is 12.0 Å². The molecule has 0 aromatic heterocycles. The highest BCUT2D eigenvalue weighted by Crippen LogP contribution is 2.76. The van der Waals surface area contributed by atoms with E-state index in [1.165, 1.54) is 48.8 Å². The Balaban J connectivity index is 1.11. The maximum absolute atomic E-state index is 13.6. The molecule has 7 nitrogen and oxygen atoms in total. The second kappa shape index (κ2) is 13.3. The summed E-state index contributed by atoms with van der Waals surface area (Å²) in [7, 11) is 0. The van der Waals surface area contributed by atoms with Crippen molar-refractivity contribution in [3.8, 4) is 0 Å². The summed E-state index contributed by atoms with van der Waals surface area (Å²) in [6.45, 7) is 24.9. The first-order valence-corrected chi connectivity index (χ1v) is 20.2. The van der Waals surface area contributed by atoms with Crippen molar-refractivity contribution in [3.63, 3.8) is 0 Å². The van der Waals surface area contributed by atoms with Gasteiger partial charge in [-0.05, 0) is 152 Å². The number of ether oxygens (including phenoxy) is 1. The third-order valence-corrected chi connectivity index (χ3v) is 16.5. The summed E-state index contributed by atoms with van der Waals surface area (Å²) in [6, 6.07) is 7.58. The molecule has 1 saturated heterocycles. The lowest BCUT2D eigenvalue weighted by Crippen LogP contribution is -2.68. The second-order valence-corrected chi connectivity index (χ2v) is 19.0. The molecule has 5 fully saturated rings. The van der Waals surface area contributed by atoms with Crippen molar-refractivity contribution in [2.24, 2.45) is 51.2 Å². The molecular weight excluding hydrogens is 635 g/mol. The Bertz CT molecular complexity index is 1550. The van der Waals surface area contributed by atoms with Gasteiger partial charge < -0.3 is 20.5 Å². The number of fused-ring (bicyclic) bond motifs is 7. The molecule has 2 amide bonds. The molecule has 4 saturated carbocycles. The molecule has 1 heterocycles. The number of rotatable bonds is 8. The van der Waals surface area contributed by atoms with Crippen LogP contribution in [0.5, 0.6) is 0 Å². The van der Waals surface area contributed by atoms with Crippen LogP contribution in [0.3, 0.4) is 0 Å². The summed E-state index contributed by atoms with van der Waals surface area (Å²) < 4.78 is 5.49. The van der Waals surface area contributed by atoms with Gasteiger partial charge in [0, 0.05) is 25.2 Å². The Morgan fingerprint density at radius 3 is 2.33 bits per heavy atom. The first kappa shape index (κ1) is 36.7. The zero-order valence-electron chi connectivity index (χ0n) is 32.4. The van der Waals surface area contributed by atoms with Gasteiger partial charge in [-0.25, -0.2) is 9.59 Å². The predicted molar refractivity (Wildman–Crippen MR) is 204 cm³/mol. The standard InChI is InChI=1S/C44H65N3O4/c1-29(2)32-15-20-44(46-39(50)45-23-8-24-47-25-27-51-28-26-47)22-21-42(6)34(37(32)44)13-14-36-41(5)18-16-33(30-9-11-31(12-10-30)38(48)49)40(3,4)35(41)17-19-43(36,42)7/h9-12,16,32,34-37H,1,8,13-15,17-28H2,2-7H3,(H,48,49)(H2,45,46,50)/t32-,34+,35-,36+,37+,41-,42+,43+,44-/m0/s1. The van der Waals surface area contributed by atoms with Crippen LogP contribution in [0, 0.1) is 51.2 Å². The van der Waals surface area contributed by atoms with Gasteiger partial charge in [0.2, 0.25) is 0 Å². The van der Waals surface area contributed by atoms with Crippen LogP contribution in [-0.4, -0.2) is 66.9 Å². The van der Waals surface area contributed by atoms with Crippen molar-refractivity contribution in [3.05, 3.63) is 53.6 Å². The minimum Gasteiger partial charge on any atom is -0.478 e. The average molecular weight is 700 g/mol. The second-order valence-electron chi connectivity index (χ2n) is 19.0. The first-order valence-electron chi connectivity index (χ1n) is 20.2. The van der Waals surface area contributed by atoms with Crippen LogP contribution in [0.1, 0.15) is 122 Å². The van der Waals surface area contributed by atoms with Gasteiger partial charge in [0.05, 0.1) is 18.8 Å². The largest absolute Gasteiger partial charge is 0.478 e. The molecule has 280 valence electrons. The van der Waals surface area contributed by atoms with Gasteiger partial charge in [-0.3, -0.25) is 4.90 Å². The lowest BCUT2D eigenvalue weighted by atomic mass is 9.33. The van der Waals surface area contributed by atoms with Gasteiger partial charge in [-0.1, -0.05) is 65.0 Å². The van der Waals surface area contributed by atoms with E-state index in [0.717, 1.165) is 65.0 Å². The molecule has 0 unspecified atom stereocenters. The van der Waals surface area contributed by atoms with E-state index in [0.29, 0.717) is 41.7 Å². The van der Waals surface area contributed by atoms with Crippen LogP contribution >= 0.6 is 0 Å². The van der Waals surface area contributed by atoms with E-state index in [1.807, 2.05) is 12.1 Å². The van der Waals surface area contributed by atoms with Crippen LogP contribution in [-0.2, 0) is 4.74 Å². The van der Waals surface area contributed by atoms with Crippen LogP contribution < -0.4 is 10.6 Å². The van der Waals surface area contributed by atoms with Crippen molar-refractivity contribution in [1.82, 2.24) is 15.5 Å². The molecule has 3 N–H and O–H groups in total. The number of nitrogens with one attached hydrogen (secondary N) is 2. The number of hydrogen-bond donors (Lipinski definition) is 3. The number of carboxylic acid groups (broad SMARTS) is 1. The molecule has 1 aromatic rings. The predicted octanol–water partition coefficient (Wildman–Crippen LogP) is 8.81. The van der Waals surface area contributed by atoms with Gasteiger partial charge in [-0.2, -0.15) is 0 Å². The number of benzene rings is 1. The number of amides is 2. The lowest BCUT2D eigenvalue weighted by Gasteiger charge is -2.72. The van der Waals surface area contributed by atoms with Crippen LogP contribution in [0.2, 0.25) is 0 Å². The number of aromatic carboxylic acids is 1. The fourth-order valence-electron chi connectivity index (χ4n) is 13.9. The molecule has 51 heavy (non-hydrogen) atoms. The molecule has 7 heteroatoms. The molecular formula is C44H65N3O4. The molecule has 0 spiro atoms. The number of urea groups is 1. The van der Waals surface area contributed by atoms with E-state index in [9.17, 15) is 14.7 Å². The summed E-state index contributed by atoms with van der Waals surface area (Å²) in [5.41, 5.74) is 4.65. The molecule has 0 bridgehead atoms. The van der Waals surface area contributed by atoms with Crippen molar-refractivity contribution in [2.75, 3.05) is 39.4 Å². The summed E-state index contributed by atoms with van der Waals surface area (Å²) in [6.07, 6.45) is 13.9. The Hall–Kier alpha value is -2.64. The molecule has 9 atom stereocenters. The van der Waals surface area contributed by atoms with Crippen LogP contribution in [0.15, 0.2) is 42.5 Å². The molecule has 1 aromatic carbocycles. The third-order valence-electron chi connectivity index (χ3n) is 16.5. The average Bonchev–Trinajstić information content (AvgIpc) is 3.47. The Morgan fingerprint density at radius 1 is 0.922 bits per heavy atom. The fraction of sp³-hybridized carbons (Fsp3) is 0.727. The quantitative estimate of drug-likeness (QED) is 0.186. The molecule has 0 radical (unpaired) electrons. The monoisotopic (exact) mass is 699 g/mol. The maximum Gasteiger partial charge on any atom is 0.335 e. The van der Waals surface area contributed by atoms with Gasteiger partial charge in [0.25, 0.3) is 0 Å². The van der Waals surface area contributed by atoms with E-state index in [4.69, 9.17) is 4.74 Å². The summed E-state index contributed by atoms with van der Waals surface area (Å²) in [4.78, 5) is 27.6. The zero-order chi connectivity index (χ0) is 36.4. The molecule has 5 aliphatic carbocycles. The number of carboxylic acids is 1. The Morgan fingerprint density at radius 2 is 1.65 bits per heavy atom. The Labute approximate surface area is 307 Å². The van der Waals surface area contributed by atoms with Gasteiger partial charge in [0.15, 0.2) is 0 Å². The SMILES string of the molecule is C=C(C)[C@@H]1CC[C@]2(NC(=O)NCCCN3CCOCC3)CC[C@]3(C)[C@H](CC[C@@H]4[C@@]5(C)CC=C(c6ccc(C(=O)O)cc6)C(C)(C)[C@@H]5CC[C@]43C)[C@@H]12. The number of carbonyl (C=O) groups excluding carboxylic acids is 1. The normalized spacial score (nSPS) is 40.1. The number of carbonyl (C=O) groups is 2. The van der Waals surface area contributed by atoms with Crippen molar-refractivity contribution < 1.29 is 19.4 Å². The topological polar surface area (TPSA) is 90.9 Å². The minimum absolute atomic E-state index is 0.00544. The number of nitrogens with zero attached hydrogens (tertiary/aromatic N) is 1. The Kier molecular flexibility index (Phi) is 9.60. The lowest BCUT2D eigenvalue weighted by molar-refractivity contribution is -0.218. The fourth-order valence-corrected chi connectivity index (χ4v) is 13.9. The molecule has 7 rings (SSSR count). The summed E-state index contributed by atoms with van der Waals surface area (Å²) in [5.74, 6) is 1.77. The van der Waals surface area contributed by atoms with E-state index in [1.54, 1.807) is 12.1 Å². The van der Waals surface area contributed by atoms with E-state index in [2.05, 4.69) is 69.7 Å². The molecule has 1 aliphatic heterocycles. The van der Waals surface area contributed by atoms with Gasteiger partial charge in [-0.15, -0.1) is 0 Å². The van der Waals surface area contributed by atoms with E-state index >= 15 is 0 Å². The zero-order valence-corrected chi connectivity index (χ0v) is 32.4. The van der Waals surface area contributed by atoms with Crippen LogP contribution in [0.4, 0.5) is 4.79 Å². The van der Waals surface area contributed by atoms with E-state index in [-0.39, 0.29) is 33.2 Å². The van der Waals surface area contributed by atoms with Crippen molar-refractivity contribution >= 4 is 17.6 Å². The smallest absolute Gasteiger partial charge is 0.335 e. The maximum atomic E-state index is 13.6. The summed E-state index contributed by atoms with van der Waals surface area (Å²) in [5, 5.41) is 16.4. The number of morpholine rings is 1. The first-order chi connectivity index (χ1) is 24.2. The minimum atomic E-state index is -0.872.